The van der Waals surface area contributed by atoms with Gasteiger partial charge in [-0.15, -0.1) is 0 Å². The summed E-state index contributed by atoms with van der Waals surface area (Å²) < 4.78 is 75.7. The summed E-state index contributed by atoms with van der Waals surface area (Å²) in [7, 11) is 0. The standard InChI is InChI=1S/C12H6F6Se/c13-11(14,15)9-3-8(7-1-2-19-6-7)4-10(5-9)12(16,17)18/h1-6H. The minimum absolute atomic E-state index is 0.0119. The molecule has 0 radical (unpaired) electrons. The number of benzene rings is 1. The fourth-order valence-corrected chi connectivity index (χ4v) is 2.95. The maximum absolute atomic E-state index is 12.6. The van der Waals surface area contributed by atoms with E-state index < -0.39 is 23.5 Å². The van der Waals surface area contributed by atoms with Crippen LogP contribution in [-0.2, 0) is 12.4 Å². The van der Waals surface area contributed by atoms with Crippen molar-refractivity contribution in [3.05, 3.63) is 45.3 Å². The minimum atomic E-state index is -4.80. The van der Waals surface area contributed by atoms with Crippen molar-refractivity contribution in [1.82, 2.24) is 0 Å². The zero-order chi connectivity index (χ0) is 14.3. The first-order chi connectivity index (χ1) is 8.68. The quantitative estimate of drug-likeness (QED) is 0.530. The number of hydrogen-bond acceptors (Lipinski definition) is 0. The molecule has 0 aliphatic heterocycles. The average molecular weight is 343 g/mol. The molecule has 102 valence electrons. The second kappa shape index (κ2) is 4.72. The summed E-state index contributed by atoms with van der Waals surface area (Å²) in [5.41, 5.74) is -2.23. The molecular weight excluding hydrogens is 337 g/mol. The third-order valence-electron chi connectivity index (χ3n) is 2.44. The van der Waals surface area contributed by atoms with E-state index in [1.165, 1.54) is 6.07 Å². The van der Waals surface area contributed by atoms with E-state index in [-0.39, 0.29) is 26.1 Å². The number of hydrogen-bond donors (Lipinski definition) is 0. The van der Waals surface area contributed by atoms with Gasteiger partial charge < -0.3 is 0 Å². The molecule has 19 heavy (non-hydrogen) atoms. The Morgan fingerprint density at radius 3 is 1.63 bits per heavy atom. The van der Waals surface area contributed by atoms with Crippen molar-refractivity contribution in [2.45, 2.75) is 12.4 Å². The Morgan fingerprint density at radius 1 is 0.737 bits per heavy atom. The van der Waals surface area contributed by atoms with Gasteiger partial charge in [0.25, 0.3) is 0 Å². The Labute approximate surface area is 110 Å². The molecule has 0 spiro atoms. The van der Waals surface area contributed by atoms with Gasteiger partial charge >= 0.3 is 110 Å². The van der Waals surface area contributed by atoms with E-state index in [1.54, 1.807) is 9.88 Å². The number of halogens is 6. The third kappa shape index (κ3) is 3.22. The van der Waals surface area contributed by atoms with Gasteiger partial charge in [0.2, 0.25) is 0 Å². The first-order valence-corrected chi connectivity index (χ1v) is 6.98. The van der Waals surface area contributed by atoms with Gasteiger partial charge in [-0.05, 0) is 0 Å². The summed E-state index contributed by atoms with van der Waals surface area (Å²) in [5, 5.41) is 0. The topological polar surface area (TPSA) is 0 Å². The SMILES string of the molecule is FC(F)(F)c1cc(-c2cc[se]c2)cc(C(F)(F)F)c1. The van der Waals surface area contributed by atoms with Gasteiger partial charge in [-0.2, -0.15) is 0 Å². The van der Waals surface area contributed by atoms with E-state index in [0.717, 1.165) is 12.1 Å². The second-order valence-electron chi connectivity index (χ2n) is 3.81. The van der Waals surface area contributed by atoms with Gasteiger partial charge in [-0.25, -0.2) is 0 Å². The van der Waals surface area contributed by atoms with Crippen LogP contribution < -0.4 is 0 Å². The van der Waals surface area contributed by atoms with Crippen molar-refractivity contribution in [3.63, 3.8) is 0 Å². The van der Waals surface area contributed by atoms with Crippen LogP contribution in [0.25, 0.3) is 11.1 Å². The molecular formula is C12H6F6Se. The monoisotopic (exact) mass is 344 g/mol. The molecule has 1 heterocycles. The molecule has 0 aliphatic rings. The summed E-state index contributed by atoms with van der Waals surface area (Å²) in [6.45, 7) is 0. The zero-order valence-electron chi connectivity index (χ0n) is 9.14. The van der Waals surface area contributed by atoms with E-state index in [9.17, 15) is 26.3 Å². The van der Waals surface area contributed by atoms with Crippen molar-refractivity contribution >= 4 is 14.5 Å². The molecule has 0 amide bonds. The first-order valence-electron chi connectivity index (χ1n) is 5.00. The van der Waals surface area contributed by atoms with Gasteiger partial charge in [0.1, 0.15) is 0 Å². The fraction of sp³-hybridized carbons (Fsp3) is 0.167. The molecule has 7 heteroatoms. The normalized spacial score (nSPS) is 12.7. The Balaban J connectivity index is 2.62. The summed E-state index contributed by atoms with van der Waals surface area (Å²) in [6.07, 6.45) is -9.60. The Kier molecular flexibility index (Phi) is 3.53. The molecule has 0 fully saturated rings. The van der Waals surface area contributed by atoms with Crippen LogP contribution in [-0.4, -0.2) is 14.5 Å². The van der Waals surface area contributed by atoms with E-state index in [4.69, 9.17) is 0 Å². The summed E-state index contributed by atoms with van der Waals surface area (Å²) in [5.74, 6) is 0. The summed E-state index contributed by atoms with van der Waals surface area (Å²) in [4.78, 5) is 3.37. The maximum atomic E-state index is 12.6. The predicted molar refractivity (Wildman–Crippen MR) is 58.8 cm³/mol. The molecule has 0 saturated heterocycles. The van der Waals surface area contributed by atoms with Crippen molar-refractivity contribution < 1.29 is 26.3 Å². The molecule has 2 rings (SSSR count). The van der Waals surface area contributed by atoms with E-state index in [2.05, 4.69) is 0 Å². The van der Waals surface area contributed by atoms with Crippen molar-refractivity contribution in [2.24, 2.45) is 0 Å². The summed E-state index contributed by atoms with van der Waals surface area (Å²) >= 11 is -0.0119. The van der Waals surface area contributed by atoms with E-state index in [1.807, 2.05) is 0 Å². The molecule has 0 aliphatic carbocycles. The van der Waals surface area contributed by atoms with Gasteiger partial charge in [-0.3, -0.25) is 0 Å². The average Bonchev–Trinajstić information content (AvgIpc) is 2.79. The van der Waals surface area contributed by atoms with Crippen LogP contribution in [0.1, 0.15) is 11.1 Å². The second-order valence-corrected chi connectivity index (χ2v) is 5.44. The molecule has 1 aromatic heterocycles. The molecule has 0 atom stereocenters. The first kappa shape index (κ1) is 14.2. The van der Waals surface area contributed by atoms with Crippen LogP contribution >= 0.6 is 0 Å². The predicted octanol–water partition coefficient (Wildman–Crippen LogP) is 4.45. The van der Waals surface area contributed by atoms with Crippen molar-refractivity contribution in [1.29, 1.82) is 0 Å². The Hall–Kier alpha value is -1.20. The molecule has 0 unspecified atom stereocenters. The third-order valence-corrected chi connectivity index (χ3v) is 3.88. The van der Waals surface area contributed by atoms with Crippen molar-refractivity contribution in [2.75, 3.05) is 0 Å². The number of alkyl halides is 6. The Bertz CT molecular complexity index is 533. The van der Waals surface area contributed by atoms with Gasteiger partial charge in [0.05, 0.1) is 0 Å². The van der Waals surface area contributed by atoms with Gasteiger partial charge in [0.15, 0.2) is 0 Å². The molecule has 0 bridgehead atoms. The van der Waals surface area contributed by atoms with E-state index >= 15 is 0 Å². The van der Waals surface area contributed by atoms with Crippen LogP contribution in [0.2, 0.25) is 0 Å². The van der Waals surface area contributed by atoms with E-state index in [0.29, 0.717) is 5.56 Å². The van der Waals surface area contributed by atoms with Crippen LogP contribution in [0.15, 0.2) is 34.1 Å². The van der Waals surface area contributed by atoms with Gasteiger partial charge in [-0.1, -0.05) is 0 Å². The van der Waals surface area contributed by atoms with Crippen molar-refractivity contribution in [3.8, 4) is 11.1 Å². The fourth-order valence-electron chi connectivity index (χ4n) is 1.55. The zero-order valence-corrected chi connectivity index (χ0v) is 10.9. The van der Waals surface area contributed by atoms with Crippen LogP contribution in [0.5, 0.6) is 0 Å². The summed E-state index contributed by atoms with van der Waals surface area (Å²) in [6, 6.07) is 3.16. The molecule has 1 aromatic carbocycles. The molecule has 2 aromatic rings. The van der Waals surface area contributed by atoms with Crippen LogP contribution in [0.4, 0.5) is 26.3 Å². The molecule has 0 N–H and O–H groups in total. The molecule has 0 nitrogen and oxygen atoms in total. The molecule has 0 saturated carbocycles. The Morgan fingerprint density at radius 2 is 1.26 bits per heavy atom. The van der Waals surface area contributed by atoms with Gasteiger partial charge in [0, 0.05) is 0 Å². The number of rotatable bonds is 1. The van der Waals surface area contributed by atoms with Crippen LogP contribution in [0.3, 0.4) is 0 Å². The van der Waals surface area contributed by atoms with Crippen LogP contribution in [0, 0.1) is 0 Å².